The highest BCUT2D eigenvalue weighted by molar-refractivity contribution is 7.91. The molecule has 146 valence electrons. The van der Waals surface area contributed by atoms with Crippen LogP contribution in [0.2, 0.25) is 0 Å². The normalized spacial score (nSPS) is 19.2. The van der Waals surface area contributed by atoms with E-state index in [9.17, 15) is 13.2 Å². The zero-order chi connectivity index (χ0) is 20.0. The molecular weight excluding hydrogens is 362 g/mol. The summed E-state index contributed by atoms with van der Waals surface area (Å²) in [5.74, 6) is -0.0347. The second-order valence-corrected chi connectivity index (χ2v) is 10.6. The Bertz CT molecular complexity index is 984. The Labute approximate surface area is 160 Å². The van der Waals surface area contributed by atoms with Gasteiger partial charge in [-0.2, -0.15) is 5.10 Å². The van der Waals surface area contributed by atoms with E-state index in [0.29, 0.717) is 12.1 Å². The third-order valence-corrected chi connectivity index (χ3v) is 6.56. The number of hydrogen-bond donors (Lipinski definition) is 1. The Morgan fingerprint density at radius 1 is 1.19 bits per heavy atom. The summed E-state index contributed by atoms with van der Waals surface area (Å²) in [6.07, 6.45) is 0.516. The molecule has 2 aromatic rings. The highest BCUT2D eigenvalue weighted by Gasteiger charge is 2.32. The Kier molecular flexibility index (Phi) is 4.93. The Morgan fingerprint density at radius 3 is 2.44 bits per heavy atom. The maximum absolute atomic E-state index is 12.6. The average molecular weight is 390 g/mol. The van der Waals surface area contributed by atoms with Crippen molar-refractivity contribution < 1.29 is 13.2 Å². The number of nitrogens with one attached hydrogen (secondary N) is 1. The van der Waals surface area contributed by atoms with Crippen LogP contribution in [0.25, 0.3) is 11.3 Å². The van der Waals surface area contributed by atoms with Crippen LogP contribution in [0.15, 0.2) is 24.3 Å². The molecular formula is C20H27N3O3S. The van der Waals surface area contributed by atoms with Crippen molar-refractivity contribution >= 4 is 15.7 Å². The molecule has 0 saturated carbocycles. The summed E-state index contributed by atoms with van der Waals surface area (Å²) in [5.41, 5.74) is 3.96. The summed E-state index contributed by atoms with van der Waals surface area (Å²) in [4.78, 5) is 12.6. The number of aryl methyl sites for hydroxylation is 2. The van der Waals surface area contributed by atoms with E-state index in [-0.39, 0.29) is 29.0 Å². The SMILES string of the molecule is Cc1ccc(-c2cc(C(=O)NC(C)(C)C)nn2[C@@H]2CCS(=O)(=O)C2)cc1C. The lowest BCUT2D eigenvalue weighted by Gasteiger charge is -2.19. The molecule has 1 saturated heterocycles. The molecule has 1 amide bonds. The minimum atomic E-state index is -3.06. The van der Waals surface area contributed by atoms with Crippen molar-refractivity contribution in [3.05, 3.63) is 41.1 Å². The van der Waals surface area contributed by atoms with Gasteiger partial charge in [0, 0.05) is 11.1 Å². The monoisotopic (exact) mass is 389 g/mol. The fraction of sp³-hybridized carbons (Fsp3) is 0.500. The van der Waals surface area contributed by atoms with Crippen molar-refractivity contribution in [3.8, 4) is 11.3 Å². The van der Waals surface area contributed by atoms with Crippen LogP contribution in [-0.4, -0.2) is 41.2 Å². The largest absolute Gasteiger partial charge is 0.346 e. The molecule has 0 bridgehead atoms. The Balaban J connectivity index is 2.06. The molecule has 1 aromatic carbocycles. The predicted molar refractivity (Wildman–Crippen MR) is 107 cm³/mol. The summed E-state index contributed by atoms with van der Waals surface area (Å²) < 4.78 is 25.7. The maximum Gasteiger partial charge on any atom is 0.272 e. The second-order valence-electron chi connectivity index (χ2n) is 8.42. The number of sulfone groups is 1. The first kappa shape index (κ1) is 19.6. The van der Waals surface area contributed by atoms with E-state index in [0.717, 1.165) is 16.8 Å². The van der Waals surface area contributed by atoms with Gasteiger partial charge in [0.05, 0.1) is 23.2 Å². The van der Waals surface area contributed by atoms with Crippen molar-refractivity contribution in [2.45, 2.75) is 52.6 Å². The summed E-state index contributed by atoms with van der Waals surface area (Å²) in [5, 5.41) is 7.43. The topological polar surface area (TPSA) is 81.1 Å². The third kappa shape index (κ3) is 4.40. The zero-order valence-corrected chi connectivity index (χ0v) is 17.4. The molecule has 0 unspecified atom stereocenters. The van der Waals surface area contributed by atoms with Gasteiger partial charge in [0.1, 0.15) is 0 Å². The van der Waals surface area contributed by atoms with Crippen LogP contribution in [0.4, 0.5) is 0 Å². The molecule has 1 aromatic heterocycles. The second kappa shape index (κ2) is 6.78. The number of carbonyl (C=O) groups is 1. The van der Waals surface area contributed by atoms with E-state index in [1.54, 1.807) is 10.7 Å². The fourth-order valence-electron chi connectivity index (χ4n) is 3.27. The van der Waals surface area contributed by atoms with Gasteiger partial charge in [0.25, 0.3) is 5.91 Å². The van der Waals surface area contributed by atoms with Crippen LogP contribution in [-0.2, 0) is 9.84 Å². The first-order valence-corrected chi connectivity index (χ1v) is 11.0. The first-order valence-electron chi connectivity index (χ1n) is 9.15. The first-order chi connectivity index (χ1) is 12.5. The van der Waals surface area contributed by atoms with E-state index >= 15 is 0 Å². The van der Waals surface area contributed by atoms with Gasteiger partial charge in [0.2, 0.25) is 0 Å². The van der Waals surface area contributed by atoms with Crippen LogP contribution < -0.4 is 5.32 Å². The van der Waals surface area contributed by atoms with Gasteiger partial charge in [-0.25, -0.2) is 8.42 Å². The highest BCUT2D eigenvalue weighted by atomic mass is 32.2. The quantitative estimate of drug-likeness (QED) is 0.875. The molecule has 6 nitrogen and oxygen atoms in total. The minimum absolute atomic E-state index is 0.0624. The standard InChI is InChI=1S/C20H27N3O3S/c1-13-6-7-15(10-14(13)2)18-11-17(19(24)21-20(3,4)5)22-23(18)16-8-9-27(25,26)12-16/h6-7,10-11,16H,8-9,12H2,1-5H3,(H,21,24)/t16-/m1/s1. The van der Waals surface area contributed by atoms with Gasteiger partial charge >= 0.3 is 0 Å². The summed E-state index contributed by atoms with van der Waals surface area (Å²) >= 11 is 0. The van der Waals surface area contributed by atoms with Crippen LogP contribution in [0.5, 0.6) is 0 Å². The number of benzene rings is 1. The third-order valence-electron chi connectivity index (χ3n) is 4.81. The van der Waals surface area contributed by atoms with Crippen molar-refractivity contribution in [2.24, 2.45) is 0 Å². The molecule has 1 fully saturated rings. The van der Waals surface area contributed by atoms with Crippen molar-refractivity contribution in [2.75, 3.05) is 11.5 Å². The number of carbonyl (C=O) groups excluding carboxylic acids is 1. The van der Waals surface area contributed by atoms with E-state index in [1.807, 2.05) is 46.8 Å². The highest BCUT2D eigenvalue weighted by Crippen LogP contribution is 2.31. The Morgan fingerprint density at radius 2 is 1.89 bits per heavy atom. The molecule has 0 radical (unpaired) electrons. The van der Waals surface area contributed by atoms with Gasteiger partial charge in [-0.1, -0.05) is 12.1 Å². The molecule has 1 atom stereocenters. The lowest BCUT2D eigenvalue weighted by Crippen LogP contribution is -2.40. The van der Waals surface area contributed by atoms with Crippen LogP contribution in [0.3, 0.4) is 0 Å². The molecule has 3 rings (SSSR count). The molecule has 7 heteroatoms. The number of rotatable bonds is 3. The van der Waals surface area contributed by atoms with Crippen molar-refractivity contribution in [1.82, 2.24) is 15.1 Å². The number of hydrogen-bond acceptors (Lipinski definition) is 4. The number of aromatic nitrogens is 2. The van der Waals surface area contributed by atoms with E-state index in [4.69, 9.17) is 0 Å². The minimum Gasteiger partial charge on any atom is -0.346 e. The predicted octanol–water partition coefficient (Wildman–Crippen LogP) is 3.05. The van der Waals surface area contributed by atoms with E-state index < -0.39 is 9.84 Å². The molecule has 2 heterocycles. The van der Waals surface area contributed by atoms with E-state index in [1.165, 1.54) is 5.56 Å². The van der Waals surface area contributed by atoms with Crippen LogP contribution >= 0.6 is 0 Å². The number of amides is 1. The maximum atomic E-state index is 12.6. The molecule has 1 aliphatic heterocycles. The van der Waals surface area contributed by atoms with Gasteiger partial charge < -0.3 is 5.32 Å². The average Bonchev–Trinajstić information content (AvgIpc) is 3.12. The fourth-order valence-corrected chi connectivity index (χ4v) is 4.96. The van der Waals surface area contributed by atoms with E-state index in [2.05, 4.69) is 16.5 Å². The van der Waals surface area contributed by atoms with Gasteiger partial charge in [0.15, 0.2) is 15.5 Å². The molecule has 1 N–H and O–H groups in total. The molecule has 0 aliphatic carbocycles. The smallest absolute Gasteiger partial charge is 0.272 e. The molecule has 27 heavy (non-hydrogen) atoms. The lowest BCUT2D eigenvalue weighted by molar-refractivity contribution is 0.0913. The lowest BCUT2D eigenvalue weighted by atomic mass is 10.0. The summed E-state index contributed by atoms with van der Waals surface area (Å²) in [6, 6.07) is 7.59. The summed E-state index contributed by atoms with van der Waals surface area (Å²) in [7, 11) is -3.06. The molecule has 1 aliphatic rings. The van der Waals surface area contributed by atoms with Crippen LogP contribution in [0, 0.1) is 13.8 Å². The van der Waals surface area contributed by atoms with Gasteiger partial charge in [-0.3, -0.25) is 9.48 Å². The van der Waals surface area contributed by atoms with Crippen molar-refractivity contribution in [1.29, 1.82) is 0 Å². The summed E-state index contributed by atoms with van der Waals surface area (Å²) in [6.45, 7) is 9.82. The van der Waals surface area contributed by atoms with Gasteiger partial charge in [-0.05, 0) is 64.3 Å². The number of nitrogens with zero attached hydrogens (tertiary/aromatic N) is 2. The van der Waals surface area contributed by atoms with Gasteiger partial charge in [-0.15, -0.1) is 0 Å². The zero-order valence-electron chi connectivity index (χ0n) is 16.5. The Hall–Kier alpha value is -2.15. The van der Waals surface area contributed by atoms with Crippen molar-refractivity contribution in [3.63, 3.8) is 0 Å². The molecule has 0 spiro atoms. The van der Waals surface area contributed by atoms with Crippen LogP contribution in [0.1, 0.15) is 54.8 Å².